The molecule has 0 saturated heterocycles. The zero-order chi connectivity index (χ0) is 14.0. The van der Waals surface area contributed by atoms with Crippen molar-refractivity contribution in [1.29, 1.82) is 0 Å². The first-order chi connectivity index (χ1) is 9.67. The summed E-state index contributed by atoms with van der Waals surface area (Å²) in [5, 5.41) is 3.18. The molecule has 1 aliphatic rings. The van der Waals surface area contributed by atoms with Gasteiger partial charge >= 0.3 is 0 Å². The van der Waals surface area contributed by atoms with Crippen LogP contribution in [0.25, 0.3) is 11.5 Å². The second kappa shape index (κ2) is 4.73. The molecule has 2 aromatic heterocycles. The fraction of sp³-hybridized carbons (Fsp3) is 0.143. The number of nitrogen functional groups attached to an aromatic ring is 1. The van der Waals surface area contributed by atoms with Crippen LogP contribution in [0.3, 0.4) is 0 Å². The molecule has 0 aromatic carbocycles. The minimum absolute atomic E-state index is 0.542. The van der Waals surface area contributed by atoms with E-state index in [9.17, 15) is 0 Å². The maximum atomic E-state index is 5.97. The van der Waals surface area contributed by atoms with Crippen LogP contribution in [-0.2, 0) is 5.66 Å². The van der Waals surface area contributed by atoms with E-state index < -0.39 is 5.66 Å². The highest BCUT2D eigenvalue weighted by Gasteiger charge is 2.27. The fourth-order valence-corrected chi connectivity index (χ4v) is 1.97. The highest BCUT2D eigenvalue weighted by atomic mass is 15.2. The number of hydrogen-bond donors (Lipinski definition) is 2. The van der Waals surface area contributed by atoms with Gasteiger partial charge in [0.1, 0.15) is 5.69 Å². The molecule has 0 aliphatic carbocycles. The number of rotatable bonds is 2. The van der Waals surface area contributed by atoms with Crippen molar-refractivity contribution in [2.45, 2.75) is 12.6 Å². The second-order valence-corrected chi connectivity index (χ2v) is 4.60. The average Bonchev–Trinajstić information content (AvgIpc) is 2.48. The van der Waals surface area contributed by atoms with Crippen LogP contribution in [0, 0.1) is 0 Å². The lowest BCUT2D eigenvalue weighted by Gasteiger charge is -2.27. The van der Waals surface area contributed by atoms with Gasteiger partial charge < -0.3 is 11.1 Å². The van der Waals surface area contributed by atoms with Crippen LogP contribution in [0.1, 0.15) is 12.6 Å². The lowest BCUT2D eigenvalue weighted by molar-refractivity contribution is 0.427. The van der Waals surface area contributed by atoms with E-state index >= 15 is 0 Å². The van der Waals surface area contributed by atoms with Gasteiger partial charge in [-0.05, 0) is 31.2 Å². The van der Waals surface area contributed by atoms with Crippen molar-refractivity contribution in [2.75, 3.05) is 5.73 Å². The molecule has 0 bridgehead atoms. The van der Waals surface area contributed by atoms with E-state index in [0.29, 0.717) is 17.2 Å². The van der Waals surface area contributed by atoms with E-state index in [-0.39, 0.29) is 0 Å². The monoisotopic (exact) mass is 266 g/mol. The van der Waals surface area contributed by atoms with Gasteiger partial charge in [-0.3, -0.25) is 4.99 Å². The standard InChI is InChI=1S/C14H14N6/c1-14(18-6-3-7-19-14)12-9-10(15)8-11(20-12)13-16-4-2-5-17-13/h2-9,18H,1H3,(H2,15,20). The van der Waals surface area contributed by atoms with Crippen LogP contribution in [0.2, 0.25) is 0 Å². The molecular weight excluding hydrogens is 252 g/mol. The van der Waals surface area contributed by atoms with Crippen molar-refractivity contribution in [3.05, 3.63) is 48.6 Å². The molecule has 100 valence electrons. The van der Waals surface area contributed by atoms with Gasteiger partial charge in [-0.1, -0.05) is 0 Å². The van der Waals surface area contributed by atoms with Crippen LogP contribution in [-0.4, -0.2) is 21.2 Å². The second-order valence-electron chi connectivity index (χ2n) is 4.60. The van der Waals surface area contributed by atoms with Gasteiger partial charge in [-0.2, -0.15) is 0 Å². The Hall–Kier alpha value is -2.76. The van der Waals surface area contributed by atoms with E-state index in [4.69, 9.17) is 5.73 Å². The van der Waals surface area contributed by atoms with Crippen molar-refractivity contribution in [3.8, 4) is 11.5 Å². The van der Waals surface area contributed by atoms with Gasteiger partial charge in [-0.15, -0.1) is 0 Å². The summed E-state index contributed by atoms with van der Waals surface area (Å²) in [6.45, 7) is 1.93. The van der Waals surface area contributed by atoms with Crippen LogP contribution < -0.4 is 11.1 Å². The summed E-state index contributed by atoms with van der Waals surface area (Å²) in [7, 11) is 0. The Morgan fingerprint density at radius 2 is 2.00 bits per heavy atom. The van der Waals surface area contributed by atoms with Gasteiger partial charge in [0.15, 0.2) is 11.5 Å². The van der Waals surface area contributed by atoms with E-state index in [1.165, 1.54) is 0 Å². The molecule has 1 aliphatic heterocycles. The minimum atomic E-state index is -0.631. The van der Waals surface area contributed by atoms with Gasteiger partial charge in [0.2, 0.25) is 0 Å². The number of pyridine rings is 1. The Labute approximate surface area is 116 Å². The first kappa shape index (κ1) is 12.3. The third-order valence-electron chi connectivity index (χ3n) is 3.02. The lowest BCUT2D eigenvalue weighted by Crippen LogP contribution is -2.36. The third kappa shape index (κ3) is 2.23. The largest absolute Gasteiger partial charge is 0.399 e. The van der Waals surface area contributed by atoms with E-state index in [0.717, 1.165) is 5.69 Å². The first-order valence-corrected chi connectivity index (χ1v) is 6.21. The molecule has 0 radical (unpaired) electrons. The quantitative estimate of drug-likeness (QED) is 0.859. The number of anilines is 1. The molecule has 1 unspecified atom stereocenters. The molecule has 6 heteroatoms. The molecule has 6 nitrogen and oxygen atoms in total. The molecular formula is C14H14N6. The molecule has 0 saturated carbocycles. The molecule has 0 spiro atoms. The molecule has 2 aromatic rings. The topological polar surface area (TPSA) is 89.1 Å². The number of nitrogens with two attached hydrogens (primary N) is 1. The minimum Gasteiger partial charge on any atom is -0.399 e. The van der Waals surface area contributed by atoms with Gasteiger partial charge in [0.05, 0.1) is 5.69 Å². The summed E-state index contributed by atoms with van der Waals surface area (Å²) in [4.78, 5) is 17.4. The summed E-state index contributed by atoms with van der Waals surface area (Å²) in [5.41, 5.74) is 7.30. The van der Waals surface area contributed by atoms with Gasteiger partial charge in [-0.25, -0.2) is 15.0 Å². The highest BCUT2D eigenvalue weighted by molar-refractivity contribution is 5.72. The van der Waals surface area contributed by atoms with Crippen molar-refractivity contribution in [3.63, 3.8) is 0 Å². The maximum absolute atomic E-state index is 5.97. The number of hydrogen-bond acceptors (Lipinski definition) is 6. The van der Waals surface area contributed by atoms with Crippen molar-refractivity contribution in [1.82, 2.24) is 20.3 Å². The summed E-state index contributed by atoms with van der Waals surface area (Å²) < 4.78 is 0. The zero-order valence-electron chi connectivity index (χ0n) is 11.0. The summed E-state index contributed by atoms with van der Waals surface area (Å²) in [5.74, 6) is 0.542. The molecule has 3 N–H and O–H groups in total. The van der Waals surface area contributed by atoms with E-state index in [1.54, 1.807) is 36.8 Å². The number of nitrogens with zero attached hydrogens (tertiary/aromatic N) is 4. The fourth-order valence-electron chi connectivity index (χ4n) is 1.97. The average molecular weight is 266 g/mol. The molecule has 1 atom stereocenters. The Bertz CT molecular complexity index is 679. The molecule has 3 heterocycles. The van der Waals surface area contributed by atoms with Crippen molar-refractivity contribution >= 4 is 11.9 Å². The van der Waals surface area contributed by atoms with Gasteiger partial charge in [0, 0.05) is 30.5 Å². The Balaban J connectivity index is 2.08. The van der Waals surface area contributed by atoms with Crippen LogP contribution in [0.4, 0.5) is 5.69 Å². The van der Waals surface area contributed by atoms with Crippen molar-refractivity contribution in [2.24, 2.45) is 4.99 Å². The smallest absolute Gasteiger partial charge is 0.178 e. The predicted molar refractivity (Wildman–Crippen MR) is 77.8 cm³/mol. The third-order valence-corrected chi connectivity index (χ3v) is 3.02. The van der Waals surface area contributed by atoms with Crippen LogP contribution >= 0.6 is 0 Å². The highest BCUT2D eigenvalue weighted by Crippen LogP contribution is 2.26. The molecule has 3 rings (SSSR count). The molecule has 0 fully saturated rings. The first-order valence-electron chi connectivity index (χ1n) is 6.21. The molecule has 20 heavy (non-hydrogen) atoms. The van der Waals surface area contributed by atoms with Crippen molar-refractivity contribution < 1.29 is 0 Å². The lowest BCUT2D eigenvalue weighted by atomic mass is 10.1. The maximum Gasteiger partial charge on any atom is 0.178 e. The summed E-state index contributed by atoms with van der Waals surface area (Å²) >= 11 is 0. The number of aliphatic imine (C=N–C) groups is 1. The van der Waals surface area contributed by atoms with Crippen LogP contribution in [0.5, 0.6) is 0 Å². The summed E-state index contributed by atoms with van der Waals surface area (Å²) in [6.07, 6.45) is 8.74. The normalized spacial score (nSPS) is 20.6. The molecule has 0 amide bonds. The van der Waals surface area contributed by atoms with E-state index in [1.807, 2.05) is 19.2 Å². The number of allylic oxidation sites excluding steroid dienone is 1. The van der Waals surface area contributed by atoms with Crippen LogP contribution in [0.15, 0.2) is 47.9 Å². The number of aromatic nitrogens is 3. The van der Waals surface area contributed by atoms with Gasteiger partial charge in [0.25, 0.3) is 0 Å². The van der Waals surface area contributed by atoms with E-state index in [2.05, 4.69) is 25.3 Å². The zero-order valence-corrected chi connectivity index (χ0v) is 11.0. The Kier molecular flexibility index (Phi) is 2.90. The predicted octanol–water partition coefficient (Wildman–Crippen LogP) is 1.48. The summed E-state index contributed by atoms with van der Waals surface area (Å²) in [6, 6.07) is 5.32. The Morgan fingerprint density at radius 1 is 1.20 bits per heavy atom. The number of nitrogens with one attached hydrogen (secondary N) is 1. The SMILES string of the molecule is CC1(c2cc(N)cc(-c3ncccn3)n2)N=CC=CN1. The Morgan fingerprint density at radius 3 is 2.70 bits per heavy atom.